The van der Waals surface area contributed by atoms with E-state index in [1.54, 1.807) is 0 Å². The van der Waals surface area contributed by atoms with Crippen molar-refractivity contribution in [3.63, 3.8) is 0 Å². The number of nitrogens with one attached hydrogen (secondary N) is 1. The van der Waals surface area contributed by atoms with E-state index in [2.05, 4.69) is 4.72 Å². The van der Waals surface area contributed by atoms with Crippen LogP contribution in [0.15, 0.2) is 0 Å². The van der Waals surface area contributed by atoms with Crippen LogP contribution in [0, 0.1) is 0 Å². The molecule has 0 aromatic carbocycles. The van der Waals surface area contributed by atoms with Crippen LogP contribution in [0.3, 0.4) is 0 Å². The molecular formula is C11H23NO5S. The highest BCUT2D eigenvalue weighted by Crippen LogP contribution is 2.09. The normalized spacial score (nSPS) is 22.6. The van der Waals surface area contributed by atoms with Crippen molar-refractivity contribution in [1.29, 1.82) is 0 Å². The molecule has 108 valence electrons. The number of hydrogen-bond acceptors (Lipinski definition) is 5. The Kier molecular flexibility index (Phi) is 6.51. The fourth-order valence-corrected chi connectivity index (χ4v) is 2.15. The lowest BCUT2D eigenvalue weighted by atomic mass is 10.3. The van der Waals surface area contributed by atoms with Gasteiger partial charge in [0.15, 0.2) is 0 Å². The zero-order chi connectivity index (χ0) is 13.6. The van der Waals surface area contributed by atoms with E-state index in [-0.39, 0.29) is 24.9 Å². The van der Waals surface area contributed by atoms with Gasteiger partial charge < -0.3 is 14.2 Å². The van der Waals surface area contributed by atoms with Gasteiger partial charge in [-0.15, -0.1) is 0 Å². The van der Waals surface area contributed by atoms with E-state index in [1.165, 1.54) is 0 Å². The van der Waals surface area contributed by atoms with Gasteiger partial charge in [-0.2, -0.15) is 0 Å². The van der Waals surface area contributed by atoms with E-state index in [0.29, 0.717) is 13.2 Å². The van der Waals surface area contributed by atoms with Crippen LogP contribution < -0.4 is 4.72 Å². The van der Waals surface area contributed by atoms with Crippen molar-refractivity contribution in [2.24, 2.45) is 0 Å². The minimum absolute atomic E-state index is 0.0276. The zero-order valence-corrected chi connectivity index (χ0v) is 12.0. The Labute approximate surface area is 109 Å². The molecule has 0 spiro atoms. The summed E-state index contributed by atoms with van der Waals surface area (Å²) in [6, 6.07) is 0. The van der Waals surface area contributed by atoms with Gasteiger partial charge in [0.05, 0.1) is 37.8 Å². The monoisotopic (exact) mass is 281 g/mol. The zero-order valence-electron chi connectivity index (χ0n) is 11.2. The van der Waals surface area contributed by atoms with Gasteiger partial charge in [-0.3, -0.25) is 0 Å². The Hall–Kier alpha value is -0.210. The molecule has 6 nitrogen and oxygen atoms in total. The molecule has 1 fully saturated rings. The van der Waals surface area contributed by atoms with Gasteiger partial charge in [0, 0.05) is 13.2 Å². The second-order valence-corrected chi connectivity index (χ2v) is 6.58. The van der Waals surface area contributed by atoms with Gasteiger partial charge in [0.25, 0.3) is 0 Å². The summed E-state index contributed by atoms with van der Waals surface area (Å²) in [7, 11) is -3.20. The summed E-state index contributed by atoms with van der Waals surface area (Å²) in [6.45, 7) is 5.74. The molecule has 1 N–H and O–H groups in total. The molecule has 0 bridgehead atoms. The molecule has 1 saturated heterocycles. The summed E-state index contributed by atoms with van der Waals surface area (Å²) in [6.07, 6.45) is 1.86. The van der Waals surface area contributed by atoms with E-state index < -0.39 is 10.0 Å². The molecule has 0 saturated carbocycles. The van der Waals surface area contributed by atoms with E-state index in [1.807, 2.05) is 13.8 Å². The van der Waals surface area contributed by atoms with Crippen molar-refractivity contribution in [2.75, 3.05) is 32.6 Å². The van der Waals surface area contributed by atoms with Crippen molar-refractivity contribution >= 4 is 10.0 Å². The second-order valence-electron chi connectivity index (χ2n) is 4.75. The minimum Gasteiger partial charge on any atom is -0.379 e. The van der Waals surface area contributed by atoms with Crippen LogP contribution >= 0.6 is 0 Å². The Balaban J connectivity index is 2.34. The molecule has 0 aromatic heterocycles. The summed E-state index contributed by atoms with van der Waals surface area (Å²) in [4.78, 5) is 0. The highest BCUT2D eigenvalue weighted by atomic mass is 32.2. The summed E-state index contributed by atoms with van der Waals surface area (Å²) in [5, 5.41) is 0. The maximum absolute atomic E-state index is 11.1. The smallest absolute Gasteiger partial charge is 0.208 e. The summed E-state index contributed by atoms with van der Waals surface area (Å²) < 4.78 is 41.0. The van der Waals surface area contributed by atoms with Gasteiger partial charge in [-0.05, 0) is 20.3 Å². The summed E-state index contributed by atoms with van der Waals surface area (Å²) >= 11 is 0. The predicted molar refractivity (Wildman–Crippen MR) is 68.0 cm³/mol. The highest BCUT2D eigenvalue weighted by molar-refractivity contribution is 7.88. The Bertz CT molecular complexity index is 324. The molecule has 0 amide bonds. The molecule has 0 aromatic rings. The van der Waals surface area contributed by atoms with Crippen molar-refractivity contribution in [2.45, 2.75) is 38.6 Å². The largest absolute Gasteiger partial charge is 0.379 e. The van der Waals surface area contributed by atoms with Gasteiger partial charge >= 0.3 is 0 Å². The van der Waals surface area contributed by atoms with Crippen LogP contribution in [0.5, 0.6) is 0 Å². The third-order valence-electron chi connectivity index (χ3n) is 2.44. The average Bonchev–Trinajstić information content (AvgIpc) is 2.73. The van der Waals surface area contributed by atoms with E-state index >= 15 is 0 Å². The number of ether oxygens (including phenoxy) is 3. The van der Waals surface area contributed by atoms with Crippen molar-refractivity contribution in [3.8, 4) is 0 Å². The van der Waals surface area contributed by atoms with Crippen molar-refractivity contribution in [3.05, 3.63) is 0 Å². The van der Waals surface area contributed by atoms with E-state index in [9.17, 15) is 8.42 Å². The third kappa shape index (κ3) is 7.27. The van der Waals surface area contributed by atoms with Gasteiger partial charge in [0.1, 0.15) is 0 Å². The molecule has 0 radical (unpaired) electrons. The quantitative estimate of drug-likeness (QED) is 0.685. The van der Waals surface area contributed by atoms with Crippen molar-refractivity contribution < 1.29 is 22.6 Å². The summed E-state index contributed by atoms with van der Waals surface area (Å²) in [5.41, 5.74) is 0. The lowest BCUT2D eigenvalue weighted by molar-refractivity contribution is -0.0626. The average molecular weight is 281 g/mol. The Morgan fingerprint density at radius 1 is 1.44 bits per heavy atom. The first kappa shape index (κ1) is 15.8. The number of rotatable bonds is 8. The Morgan fingerprint density at radius 2 is 2.17 bits per heavy atom. The van der Waals surface area contributed by atoms with Gasteiger partial charge in [0.2, 0.25) is 10.0 Å². The first-order valence-electron chi connectivity index (χ1n) is 6.16. The molecular weight excluding hydrogens is 258 g/mol. The molecule has 1 heterocycles. The van der Waals surface area contributed by atoms with E-state index in [0.717, 1.165) is 19.3 Å². The van der Waals surface area contributed by atoms with Crippen LogP contribution in [-0.2, 0) is 24.2 Å². The fraction of sp³-hybridized carbons (Fsp3) is 1.00. The number of sulfonamides is 1. The molecule has 0 aliphatic carbocycles. The molecule has 1 rings (SSSR count). The first-order chi connectivity index (χ1) is 8.37. The van der Waals surface area contributed by atoms with Crippen LogP contribution in [0.25, 0.3) is 0 Å². The predicted octanol–water partition coefficient (Wildman–Crippen LogP) is 0.135. The van der Waals surface area contributed by atoms with Crippen LogP contribution in [0.2, 0.25) is 0 Å². The van der Waals surface area contributed by atoms with Gasteiger partial charge in [-0.25, -0.2) is 13.1 Å². The summed E-state index contributed by atoms with van der Waals surface area (Å²) in [5.74, 6) is 0. The standard InChI is InChI=1S/C11H23NO5S/c1-9(2)17-11(6-12-18(3,13)14)8-16-10-4-5-15-7-10/h9-12H,4-8H2,1-3H3/t10-,11-/m0/s1. The van der Waals surface area contributed by atoms with Crippen LogP contribution in [0.1, 0.15) is 20.3 Å². The van der Waals surface area contributed by atoms with Crippen molar-refractivity contribution in [1.82, 2.24) is 4.72 Å². The minimum atomic E-state index is -3.20. The number of hydrogen-bond donors (Lipinski definition) is 1. The second kappa shape index (κ2) is 7.40. The molecule has 2 atom stereocenters. The topological polar surface area (TPSA) is 73.9 Å². The van der Waals surface area contributed by atoms with Crippen LogP contribution in [-0.4, -0.2) is 59.4 Å². The lowest BCUT2D eigenvalue weighted by Crippen LogP contribution is -2.38. The lowest BCUT2D eigenvalue weighted by Gasteiger charge is -2.22. The fourth-order valence-electron chi connectivity index (χ4n) is 1.66. The molecule has 1 aliphatic heterocycles. The maximum atomic E-state index is 11.1. The SMILES string of the molecule is CC(C)O[C@@H](CNS(C)(=O)=O)CO[C@H]1CCOC1. The molecule has 18 heavy (non-hydrogen) atoms. The van der Waals surface area contributed by atoms with Crippen LogP contribution in [0.4, 0.5) is 0 Å². The van der Waals surface area contributed by atoms with Gasteiger partial charge in [-0.1, -0.05) is 0 Å². The Morgan fingerprint density at radius 3 is 2.67 bits per heavy atom. The first-order valence-corrected chi connectivity index (χ1v) is 8.05. The molecule has 0 unspecified atom stereocenters. The molecule has 7 heteroatoms. The third-order valence-corrected chi connectivity index (χ3v) is 3.13. The molecule has 1 aliphatic rings. The van der Waals surface area contributed by atoms with E-state index in [4.69, 9.17) is 14.2 Å². The highest BCUT2D eigenvalue weighted by Gasteiger charge is 2.20. The maximum Gasteiger partial charge on any atom is 0.208 e.